The number of hydroxylamine groups is 2. The summed E-state index contributed by atoms with van der Waals surface area (Å²) >= 11 is 0. The van der Waals surface area contributed by atoms with Crippen LogP contribution in [-0.2, 0) is 33.9 Å². The van der Waals surface area contributed by atoms with Gasteiger partial charge in [0.05, 0.1) is 12.8 Å². The lowest BCUT2D eigenvalue weighted by Gasteiger charge is -2.26. The van der Waals surface area contributed by atoms with Crippen LogP contribution in [0.25, 0.3) is 0 Å². The maximum Gasteiger partial charge on any atom is 0.285 e. The molecule has 4 rings (SSSR count). The van der Waals surface area contributed by atoms with Crippen LogP contribution in [-0.4, -0.2) is 22.8 Å². The van der Waals surface area contributed by atoms with Gasteiger partial charge < -0.3 is 5.32 Å². The van der Waals surface area contributed by atoms with Crippen LogP contribution in [0.4, 0.5) is 5.69 Å². The quantitative estimate of drug-likeness (QED) is 0.643. The highest BCUT2D eigenvalue weighted by Crippen LogP contribution is 2.24. The summed E-state index contributed by atoms with van der Waals surface area (Å²) in [5.74, 6) is -1.13. The number of hydrogen-bond acceptors (Lipinski definition) is 4. The Hall–Kier alpha value is -3.77. The first-order valence-corrected chi connectivity index (χ1v) is 9.61. The van der Waals surface area contributed by atoms with Crippen molar-refractivity contribution in [3.8, 4) is 0 Å². The maximum absolute atomic E-state index is 12.8. The second kappa shape index (κ2) is 8.71. The molecule has 1 aliphatic rings. The highest BCUT2D eigenvalue weighted by Gasteiger charge is 2.32. The zero-order chi connectivity index (χ0) is 20.9. The summed E-state index contributed by atoms with van der Waals surface area (Å²) < 4.78 is 0. The maximum atomic E-state index is 12.8. The fraction of sp³-hybridized carbons (Fsp3) is 0.125. The Morgan fingerprint density at radius 1 is 0.900 bits per heavy atom. The van der Waals surface area contributed by atoms with Gasteiger partial charge in [-0.1, -0.05) is 66.7 Å². The molecule has 0 aromatic heterocycles. The minimum atomic E-state index is -0.531. The highest BCUT2D eigenvalue weighted by molar-refractivity contribution is 6.09. The van der Waals surface area contributed by atoms with Crippen LogP contribution in [0.1, 0.15) is 27.0 Å². The molecule has 6 nitrogen and oxygen atoms in total. The molecule has 1 heterocycles. The van der Waals surface area contributed by atoms with Gasteiger partial charge in [0, 0.05) is 11.3 Å². The SMILES string of the molecule is O=C(Cc1ccccc1)Nc1ccc2c(c1)C(=O)N(OCc1ccccc1)C(=O)C2. The average molecular weight is 400 g/mol. The topological polar surface area (TPSA) is 75.7 Å². The molecule has 0 radical (unpaired) electrons. The van der Waals surface area contributed by atoms with Gasteiger partial charge in [-0.25, -0.2) is 0 Å². The number of anilines is 1. The Kier molecular flexibility index (Phi) is 5.68. The van der Waals surface area contributed by atoms with E-state index in [0.717, 1.165) is 16.2 Å². The van der Waals surface area contributed by atoms with Crippen molar-refractivity contribution in [3.63, 3.8) is 0 Å². The van der Waals surface area contributed by atoms with Crippen molar-refractivity contribution < 1.29 is 19.2 Å². The standard InChI is InChI=1S/C24H20N2O4/c27-22(13-17-7-3-1-4-8-17)25-20-12-11-19-14-23(28)26(24(29)21(19)15-20)30-16-18-9-5-2-6-10-18/h1-12,15H,13-14,16H2,(H,25,27). The van der Waals surface area contributed by atoms with Gasteiger partial charge in [-0.2, -0.15) is 0 Å². The number of rotatable bonds is 6. The van der Waals surface area contributed by atoms with Crippen molar-refractivity contribution >= 4 is 23.4 Å². The Morgan fingerprint density at radius 3 is 2.27 bits per heavy atom. The molecule has 0 saturated heterocycles. The number of amides is 3. The number of nitrogens with zero attached hydrogens (tertiary/aromatic N) is 1. The van der Waals surface area contributed by atoms with E-state index in [2.05, 4.69) is 5.32 Å². The number of carbonyl (C=O) groups excluding carboxylic acids is 3. The molecule has 3 amide bonds. The Morgan fingerprint density at radius 2 is 1.57 bits per heavy atom. The molecule has 1 N–H and O–H groups in total. The second-order valence-electron chi connectivity index (χ2n) is 7.01. The van der Waals surface area contributed by atoms with E-state index in [9.17, 15) is 14.4 Å². The third-order valence-corrected chi connectivity index (χ3v) is 4.79. The van der Waals surface area contributed by atoms with E-state index in [0.29, 0.717) is 16.8 Å². The molecular formula is C24H20N2O4. The van der Waals surface area contributed by atoms with Gasteiger partial charge in [-0.15, -0.1) is 5.06 Å². The first kappa shape index (κ1) is 19.5. The molecule has 0 fully saturated rings. The molecular weight excluding hydrogens is 380 g/mol. The van der Waals surface area contributed by atoms with Crippen LogP contribution in [0.5, 0.6) is 0 Å². The zero-order valence-corrected chi connectivity index (χ0v) is 16.2. The summed E-state index contributed by atoms with van der Waals surface area (Å²) in [6.07, 6.45) is 0.296. The van der Waals surface area contributed by atoms with Crippen LogP contribution in [0.15, 0.2) is 78.9 Å². The Balaban J connectivity index is 1.46. The lowest BCUT2D eigenvalue weighted by Crippen LogP contribution is -2.42. The first-order valence-electron chi connectivity index (χ1n) is 9.61. The average Bonchev–Trinajstić information content (AvgIpc) is 2.75. The molecule has 6 heteroatoms. The minimum Gasteiger partial charge on any atom is -0.326 e. The van der Waals surface area contributed by atoms with Crippen molar-refractivity contribution in [3.05, 3.63) is 101 Å². The molecule has 0 bridgehead atoms. The highest BCUT2D eigenvalue weighted by atomic mass is 16.7. The number of carbonyl (C=O) groups is 3. The number of nitrogens with one attached hydrogen (secondary N) is 1. The van der Waals surface area contributed by atoms with Crippen molar-refractivity contribution in [2.75, 3.05) is 5.32 Å². The van der Waals surface area contributed by atoms with Gasteiger partial charge in [-0.3, -0.25) is 19.2 Å². The molecule has 1 aliphatic heterocycles. The summed E-state index contributed by atoms with van der Waals surface area (Å²) in [6.45, 7) is 0.112. The number of hydrogen-bond donors (Lipinski definition) is 1. The van der Waals surface area contributed by atoms with Crippen molar-refractivity contribution in [2.45, 2.75) is 19.4 Å². The smallest absolute Gasteiger partial charge is 0.285 e. The van der Waals surface area contributed by atoms with Crippen LogP contribution in [0, 0.1) is 0 Å². The van der Waals surface area contributed by atoms with Crippen LogP contribution in [0.3, 0.4) is 0 Å². The van der Waals surface area contributed by atoms with Crippen molar-refractivity contribution in [2.24, 2.45) is 0 Å². The largest absolute Gasteiger partial charge is 0.326 e. The Labute approximate surface area is 174 Å². The van der Waals surface area contributed by atoms with Crippen molar-refractivity contribution in [1.29, 1.82) is 0 Å². The third-order valence-electron chi connectivity index (χ3n) is 4.79. The van der Waals surface area contributed by atoms with Gasteiger partial charge >= 0.3 is 0 Å². The molecule has 0 atom stereocenters. The van der Waals surface area contributed by atoms with Crippen LogP contribution >= 0.6 is 0 Å². The molecule has 150 valence electrons. The Bertz CT molecular complexity index is 1080. The zero-order valence-electron chi connectivity index (χ0n) is 16.2. The van der Waals surface area contributed by atoms with E-state index in [1.165, 1.54) is 0 Å². The van der Waals surface area contributed by atoms with Crippen molar-refractivity contribution in [1.82, 2.24) is 5.06 Å². The molecule has 0 spiro atoms. The van der Waals surface area contributed by atoms with Gasteiger partial charge in [0.1, 0.15) is 6.61 Å². The van der Waals surface area contributed by atoms with E-state index in [1.807, 2.05) is 60.7 Å². The summed E-state index contributed by atoms with van der Waals surface area (Å²) in [6, 6.07) is 23.7. The summed E-state index contributed by atoms with van der Waals surface area (Å²) in [4.78, 5) is 43.0. The fourth-order valence-electron chi connectivity index (χ4n) is 3.30. The predicted molar refractivity (Wildman–Crippen MR) is 111 cm³/mol. The van der Waals surface area contributed by atoms with E-state index >= 15 is 0 Å². The fourth-order valence-corrected chi connectivity index (χ4v) is 3.30. The van der Waals surface area contributed by atoms with E-state index in [-0.39, 0.29) is 25.4 Å². The predicted octanol–water partition coefficient (Wildman–Crippen LogP) is 3.52. The number of imide groups is 1. The molecule has 3 aromatic carbocycles. The van der Waals surface area contributed by atoms with Gasteiger partial charge in [0.15, 0.2) is 0 Å². The lowest BCUT2D eigenvalue weighted by atomic mass is 9.99. The molecule has 3 aromatic rings. The molecule has 30 heavy (non-hydrogen) atoms. The third kappa shape index (κ3) is 4.45. The first-order chi connectivity index (χ1) is 14.6. The van der Waals surface area contributed by atoms with Crippen LogP contribution in [0.2, 0.25) is 0 Å². The molecule has 0 saturated carbocycles. The lowest BCUT2D eigenvalue weighted by molar-refractivity contribution is -0.174. The summed E-state index contributed by atoms with van der Waals surface area (Å²) in [7, 11) is 0. The normalized spacial score (nSPS) is 13.1. The van der Waals surface area contributed by atoms with E-state index < -0.39 is 11.8 Å². The van der Waals surface area contributed by atoms with Gasteiger partial charge in [-0.05, 0) is 28.8 Å². The van der Waals surface area contributed by atoms with Crippen LogP contribution < -0.4 is 5.32 Å². The molecule has 0 aliphatic carbocycles. The summed E-state index contributed by atoms with van der Waals surface area (Å²) in [5, 5.41) is 3.62. The monoisotopic (exact) mass is 400 g/mol. The summed E-state index contributed by atoms with van der Waals surface area (Å²) in [5.41, 5.74) is 3.21. The number of fused-ring (bicyclic) bond motifs is 1. The van der Waals surface area contributed by atoms with Gasteiger partial charge in [0.2, 0.25) is 5.91 Å². The minimum absolute atomic E-state index is 0.0636. The van der Waals surface area contributed by atoms with E-state index in [4.69, 9.17) is 4.84 Å². The number of benzene rings is 3. The second-order valence-corrected chi connectivity index (χ2v) is 7.01. The van der Waals surface area contributed by atoms with Gasteiger partial charge in [0.25, 0.3) is 11.8 Å². The van der Waals surface area contributed by atoms with E-state index in [1.54, 1.807) is 18.2 Å². The molecule has 0 unspecified atom stereocenters.